The number of hydrogen-bond donors (Lipinski definition) is 0. The first kappa shape index (κ1) is 25.3. The summed E-state index contributed by atoms with van der Waals surface area (Å²) in [4.78, 5) is 21.6. The van der Waals surface area contributed by atoms with Crippen molar-refractivity contribution >= 4 is 11.6 Å². The second kappa shape index (κ2) is 10.7. The number of rotatable bonds is 6. The fourth-order valence-electron chi connectivity index (χ4n) is 5.60. The van der Waals surface area contributed by atoms with Crippen molar-refractivity contribution in [1.29, 1.82) is 0 Å². The van der Waals surface area contributed by atoms with Crippen molar-refractivity contribution in [2.45, 2.75) is 38.1 Å². The van der Waals surface area contributed by atoms with Gasteiger partial charge in [-0.2, -0.15) is 0 Å². The molecule has 3 heterocycles. The Morgan fingerprint density at radius 2 is 1.67 bits per heavy atom. The Labute approximate surface area is 226 Å². The van der Waals surface area contributed by atoms with E-state index in [2.05, 4.69) is 28.1 Å². The first-order chi connectivity index (χ1) is 19.0. The fraction of sp³-hybridized carbons (Fsp3) is 0.250. The first-order valence-corrected chi connectivity index (χ1v) is 13.2. The molecule has 2 aliphatic rings. The maximum Gasteiger partial charge on any atom is 0.258 e. The third-order valence-electron chi connectivity index (χ3n) is 7.82. The van der Waals surface area contributed by atoms with Crippen LogP contribution >= 0.6 is 0 Å². The number of fused-ring (bicyclic) bond motifs is 2. The van der Waals surface area contributed by atoms with E-state index in [0.717, 1.165) is 50.2 Å². The largest absolute Gasteiger partial charge is 0.365 e. The molecule has 3 aromatic carbocycles. The molecule has 39 heavy (non-hydrogen) atoms. The number of carbonyl (C=O) groups is 1. The van der Waals surface area contributed by atoms with E-state index >= 15 is 0 Å². The Kier molecular flexibility index (Phi) is 6.94. The summed E-state index contributed by atoms with van der Waals surface area (Å²) < 4.78 is 33.9. The highest BCUT2D eigenvalue weighted by Crippen LogP contribution is 2.43. The van der Waals surface area contributed by atoms with Crippen molar-refractivity contribution in [3.05, 3.63) is 131 Å². The molecule has 1 spiro atoms. The van der Waals surface area contributed by atoms with Gasteiger partial charge in [0.1, 0.15) is 0 Å². The highest BCUT2D eigenvalue weighted by atomic mass is 19.2. The van der Waals surface area contributed by atoms with E-state index < -0.39 is 11.6 Å². The summed E-state index contributed by atoms with van der Waals surface area (Å²) in [6.07, 6.45) is 5.67. The van der Waals surface area contributed by atoms with E-state index in [9.17, 15) is 13.6 Å². The van der Waals surface area contributed by atoms with Gasteiger partial charge in [0.25, 0.3) is 5.91 Å². The van der Waals surface area contributed by atoms with Gasteiger partial charge in [-0.05, 0) is 59.9 Å². The van der Waals surface area contributed by atoms with Gasteiger partial charge in [-0.3, -0.25) is 14.7 Å². The van der Waals surface area contributed by atoms with Crippen LogP contribution < -0.4 is 4.90 Å². The van der Waals surface area contributed by atoms with Crippen LogP contribution in [0.3, 0.4) is 0 Å². The minimum absolute atomic E-state index is 0.210. The van der Waals surface area contributed by atoms with Crippen LogP contribution in [0.25, 0.3) is 0 Å². The van der Waals surface area contributed by atoms with Crippen LogP contribution in [-0.2, 0) is 30.0 Å². The highest BCUT2D eigenvalue weighted by molar-refractivity contribution is 6.06. The summed E-state index contributed by atoms with van der Waals surface area (Å²) in [5.41, 5.74) is 5.14. The number of carbonyl (C=O) groups excluding carboxylic acids is 1. The lowest BCUT2D eigenvalue weighted by Gasteiger charge is -2.39. The number of piperidine rings is 1. The summed E-state index contributed by atoms with van der Waals surface area (Å²) in [6, 6.07) is 22.5. The number of amides is 1. The summed E-state index contributed by atoms with van der Waals surface area (Å²) >= 11 is 0. The molecule has 2 aliphatic heterocycles. The molecule has 0 N–H and O–H groups in total. The maximum atomic E-state index is 14.1. The molecular weight excluding hydrogens is 496 g/mol. The van der Waals surface area contributed by atoms with Crippen molar-refractivity contribution in [2.75, 3.05) is 18.0 Å². The zero-order valence-corrected chi connectivity index (χ0v) is 21.5. The van der Waals surface area contributed by atoms with Gasteiger partial charge in [0.2, 0.25) is 0 Å². The Bertz CT molecular complexity index is 1470. The zero-order chi connectivity index (χ0) is 26.8. The normalized spacial score (nSPS) is 16.3. The molecule has 198 valence electrons. The summed E-state index contributed by atoms with van der Waals surface area (Å²) in [5, 5.41) is 0. The molecule has 1 amide bonds. The minimum atomic E-state index is -0.986. The number of aromatic nitrogens is 1. The molecule has 1 aromatic heterocycles. The van der Waals surface area contributed by atoms with Gasteiger partial charge in [0.15, 0.2) is 11.6 Å². The fourth-order valence-corrected chi connectivity index (χ4v) is 5.60. The lowest BCUT2D eigenvalue weighted by Crippen LogP contribution is -2.42. The topological polar surface area (TPSA) is 45.7 Å². The van der Waals surface area contributed by atoms with Crippen LogP contribution in [0.4, 0.5) is 14.5 Å². The predicted molar refractivity (Wildman–Crippen MR) is 145 cm³/mol. The van der Waals surface area contributed by atoms with Crippen molar-refractivity contribution < 1.29 is 18.3 Å². The lowest BCUT2D eigenvalue weighted by molar-refractivity contribution is -0.0800. The van der Waals surface area contributed by atoms with Crippen LogP contribution in [0.15, 0.2) is 91.3 Å². The number of hydrogen-bond acceptors (Lipinski definition) is 4. The number of pyridine rings is 1. The predicted octanol–water partition coefficient (Wildman–Crippen LogP) is 6.23. The number of benzene rings is 3. The number of ether oxygens (including phenoxy) is 1. The minimum Gasteiger partial charge on any atom is -0.365 e. The Balaban J connectivity index is 1.13. The molecule has 1 fully saturated rings. The van der Waals surface area contributed by atoms with E-state index in [0.29, 0.717) is 17.9 Å². The molecule has 0 bridgehead atoms. The average Bonchev–Trinajstić information content (AvgIpc) is 3.33. The Hall–Kier alpha value is -3.94. The molecule has 0 saturated carbocycles. The van der Waals surface area contributed by atoms with E-state index in [4.69, 9.17) is 4.74 Å². The summed E-state index contributed by atoms with van der Waals surface area (Å²) in [6.45, 7) is 3.59. The molecule has 0 unspecified atom stereocenters. The van der Waals surface area contributed by atoms with E-state index in [1.54, 1.807) is 24.3 Å². The van der Waals surface area contributed by atoms with Gasteiger partial charge in [-0.25, -0.2) is 8.78 Å². The number of likely N-dealkylation sites (tertiary alicyclic amines) is 1. The summed E-state index contributed by atoms with van der Waals surface area (Å²) in [7, 11) is 0. The van der Waals surface area contributed by atoms with E-state index in [1.807, 2.05) is 30.6 Å². The Morgan fingerprint density at radius 3 is 2.41 bits per heavy atom. The third-order valence-corrected chi connectivity index (χ3v) is 7.82. The van der Waals surface area contributed by atoms with Crippen molar-refractivity contribution in [1.82, 2.24) is 9.88 Å². The smallest absolute Gasteiger partial charge is 0.258 e. The number of anilines is 1. The van der Waals surface area contributed by atoms with Crippen LogP contribution in [0.5, 0.6) is 0 Å². The molecule has 4 aromatic rings. The number of halogens is 2. The van der Waals surface area contributed by atoms with Gasteiger partial charge >= 0.3 is 0 Å². The lowest BCUT2D eigenvalue weighted by atomic mass is 9.84. The second-order valence-corrected chi connectivity index (χ2v) is 10.3. The van der Waals surface area contributed by atoms with Crippen LogP contribution in [-0.4, -0.2) is 28.9 Å². The molecule has 5 nitrogen and oxygen atoms in total. The van der Waals surface area contributed by atoms with Crippen LogP contribution in [0.2, 0.25) is 0 Å². The van der Waals surface area contributed by atoms with Crippen molar-refractivity contribution in [3.8, 4) is 0 Å². The SMILES string of the molecule is O=C(c1ccccc1)N(Cc1ccc(CN2CCC3(CC2)OCc2ccncc23)cc1)c1ccc(F)c(F)c1. The van der Waals surface area contributed by atoms with Crippen molar-refractivity contribution in [2.24, 2.45) is 0 Å². The van der Waals surface area contributed by atoms with Gasteiger partial charge in [-0.1, -0.05) is 42.5 Å². The maximum absolute atomic E-state index is 14.1. The van der Waals surface area contributed by atoms with Crippen molar-refractivity contribution in [3.63, 3.8) is 0 Å². The molecule has 0 radical (unpaired) electrons. The molecule has 6 rings (SSSR count). The number of nitrogens with zero attached hydrogens (tertiary/aromatic N) is 3. The average molecular weight is 526 g/mol. The van der Waals surface area contributed by atoms with Gasteiger partial charge in [0, 0.05) is 54.9 Å². The standard InChI is InChI=1S/C32H29F2N3O2/c33-29-11-10-27(18-30(29)34)37(31(38)25-4-2-1-3-5-25)21-24-8-6-23(7-9-24)20-36-16-13-32(14-17-36)28-19-35-15-12-26(28)22-39-32/h1-12,15,18-19H,13-14,16-17,20-22H2. The molecule has 7 heteroatoms. The van der Waals surface area contributed by atoms with E-state index in [-0.39, 0.29) is 18.1 Å². The quantitative estimate of drug-likeness (QED) is 0.300. The summed E-state index contributed by atoms with van der Waals surface area (Å²) in [5.74, 6) is -2.21. The zero-order valence-electron chi connectivity index (χ0n) is 21.5. The van der Waals surface area contributed by atoms with Gasteiger partial charge in [-0.15, -0.1) is 0 Å². The van der Waals surface area contributed by atoms with Crippen LogP contribution in [0, 0.1) is 11.6 Å². The second-order valence-electron chi connectivity index (χ2n) is 10.3. The monoisotopic (exact) mass is 525 g/mol. The molecule has 0 atom stereocenters. The molecular formula is C32H29F2N3O2. The molecule has 0 aliphatic carbocycles. The van der Waals surface area contributed by atoms with E-state index in [1.165, 1.54) is 27.7 Å². The third kappa shape index (κ3) is 5.20. The van der Waals surface area contributed by atoms with Gasteiger partial charge < -0.3 is 9.64 Å². The first-order valence-electron chi connectivity index (χ1n) is 13.2. The van der Waals surface area contributed by atoms with Gasteiger partial charge in [0.05, 0.1) is 18.8 Å². The highest BCUT2D eigenvalue weighted by Gasteiger charge is 2.42. The molecule has 1 saturated heterocycles. The van der Waals surface area contributed by atoms with Crippen LogP contribution in [0.1, 0.15) is 45.5 Å². The Morgan fingerprint density at radius 1 is 0.923 bits per heavy atom.